The molecule has 0 radical (unpaired) electrons. The molecule has 1 aliphatic heterocycles. The van der Waals surface area contributed by atoms with E-state index in [1.807, 2.05) is 60.0 Å². The molecule has 0 spiro atoms. The van der Waals surface area contributed by atoms with Crippen LogP contribution in [0.5, 0.6) is 5.75 Å². The van der Waals surface area contributed by atoms with Crippen LogP contribution in [0.3, 0.4) is 0 Å². The molecular formula is C22H18N2O4S. The Morgan fingerprint density at radius 2 is 1.90 bits per heavy atom. The summed E-state index contributed by atoms with van der Waals surface area (Å²) in [5.74, 6) is -0.302. The Kier molecular flexibility index (Phi) is 5.39. The number of benzene rings is 2. The molecule has 6 nitrogen and oxygen atoms in total. The highest BCUT2D eigenvalue weighted by atomic mass is 32.1. The average Bonchev–Trinajstić information content (AvgIpc) is 3.22. The number of carbonyl (C=O) groups excluding carboxylic acids is 2. The van der Waals surface area contributed by atoms with Gasteiger partial charge in [-0.15, -0.1) is 11.3 Å². The van der Waals surface area contributed by atoms with E-state index in [4.69, 9.17) is 9.47 Å². The molecule has 0 saturated heterocycles. The number of para-hydroxylation sites is 1. The molecule has 1 aliphatic rings. The molecule has 0 unspecified atom stereocenters. The molecule has 1 N–H and O–H groups in total. The Morgan fingerprint density at radius 3 is 2.72 bits per heavy atom. The molecule has 0 aliphatic carbocycles. The number of esters is 1. The number of aromatic nitrogens is 1. The van der Waals surface area contributed by atoms with Crippen molar-refractivity contribution in [2.24, 2.45) is 0 Å². The molecule has 0 saturated carbocycles. The number of anilines is 1. The van der Waals surface area contributed by atoms with Crippen molar-refractivity contribution in [1.82, 2.24) is 4.98 Å². The maximum absolute atomic E-state index is 12.4. The number of ether oxygens (including phenoxy) is 2. The normalized spacial score (nSPS) is 13.5. The largest absolute Gasteiger partial charge is 0.488 e. The molecular weight excluding hydrogens is 388 g/mol. The Labute approximate surface area is 171 Å². The molecule has 0 bridgehead atoms. The fraction of sp³-hybridized carbons (Fsp3) is 0.136. The van der Waals surface area contributed by atoms with Gasteiger partial charge in [-0.25, -0.2) is 9.78 Å². The van der Waals surface area contributed by atoms with Gasteiger partial charge in [0.1, 0.15) is 12.4 Å². The average molecular weight is 406 g/mol. The molecule has 4 rings (SSSR count). The van der Waals surface area contributed by atoms with E-state index in [0.717, 1.165) is 16.8 Å². The maximum atomic E-state index is 12.4. The van der Waals surface area contributed by atoms with Crippen molar-refractivity contribution in [3.05, 3.63) is 71.1 Å². The third kappa shape index (κ3) is 4.35. The van der Waals surface area contributed by atoms with E-state index in [-0.39, 0.29) is 6.61 Å². The van der Waals surface area contributed by atoms with E-state index in [9.17, 15) is 9.59 Å². The van der Waals surface area contributed by atoms with Crippen LogP contribution >= 0.6 is 11.3 Å². The first kappa shape index (κ1) is 18.9. The number of hydrogen-bond donors (Lipinski definition) is 1. The van der Waals surface area contributed by atoms with Crippen molar-refractivity contribution in [3.63, 3.8) is 0 Å². The van der Waals surface area contributed by atoms with Gasteiger partial charge in [0, 0.05) is 16.5 Å². The van der Waals surface area contributed by atoms with Crippen molar-refractivity contribution < 1.29 is 19.1 Å². The van der Waals surface area contributed by atoms with E-state index < -0.39 is 18.0 Å². The van der Waals surface area contributed by atoms with Gasteiger partial charge in [-0.05, 0) is 19.1 Å². The lowest BCUT2D eigenvalue weighted by atomic mass is 10.1. The van der Waals surface area contributed by atoms with Crippen LogP contribution in [0.4, 0.5) is 5.13 Å². The molecule has 2 heterocycles. The van der Waals surface area contributed by atoms with Crippen molar-refractivity contribution in [2.45, 2.75) is 13.0 Å². The molecule has 1 amide bonds. The summed E-state index contributed by atoms with van der Waals surface area (Å²) >= 11 is 1.31. The van der Waals surface area contributed by atoms with Gasteiger partial charge in [-0.3, -0.25) is 10.1 Å². The Balaban J connectivity index is 1.37. The number of fused-ring (bicyclic) bond motifs is 1. The summed E-state index contributed by atoms with van der Waals surface area (Å²) in [6, 6.07) is 17.1. The quantitative estimate of drug-likeness (QED) is 0.644. The van der Waals surface area contributed by atoms with Crippen LogP contribution in [-0.2, 0) is 14.3 Å². The summed E-state index contributed by atoms with van der Waals surface area (Å²) in [6.45, 7) is 1.63. The smallest absolute Gasteiger partial charge is 0.338 e. The zero-order valence-corrected chi connectivity index (χ0v) is 16.4. The molecule has 146 valence electrons. The number of thiazole rings is 1. The molecule has 3 aromatic rings. The molecule has 29 heavy (non-hydrogen) atoms. The zero-order chi connectivity index (χ0) is 20.2. The molecule has 2 aromatic carbocycles. The van der Waals surface area contributed by atoms with Gasteiger partial charge >= 0.3 is 5.97 Å². The van der Waals surface area contributed by atoms with Crippen LogP contribution in [0, 0.1) is 0 Å². The highest BCUT2D eigenvalue weighted by Gasteiger charge is 2.24. The van der Waals surface area contributed by atoms with Gasteiger partial charge in [-0.1, -0.05) is 48.5 Å². The predicted molar refractivity (Wildman–Crippen MR) is 112 cm³/mol. The number of nitrogens with zero attached hydrogens (tertiary/aromatic N) is 1. The van der Waals surface area contributed by atoms with E-state index in [1.54, 1.807) is 6.08 Å². The number of amides is 1. The topological polar surface area (TPSA) is 77.5 Å². The number of hydrogen-bond acceptors (Lipinski definition) is 6. The Bertz CT molecular complexity index is 1080. The second-order valence-corrected chi connectivity index (χ2v) is 7.29. The van der Waals surface area contributed by atoms with Gasteiger partial charge in [0.05, 0.1) is 11.3 Å². The van der Waals surface area contributed by atoms with E-state index >= 15 is 0 Å². The lowest BCUT2D eigenvalue weighted by molar-refractivity contribution is -0.149. The van der Waals surface area contributed by atoms with Gasteiger partial charge < -0.3 is 9.47 Å². The fourth-order valence-electron chi connectivity index (χ4n) is 2.80. The first-order valence-corrected chi connectivity index (χ1v) is 9.93. The minimum atomic E-state index is -0.968. The van der Waals surface area contributed by atoms with Crippen LogP contribution in [0.2, 0.25) is 0 Å². The van der Waals surface area contributed by atoms with Crippen LogP contribution in [0.1, 0.15) is 12.5 Å². The third-order valence-electron chi connectivity index (χ3n) is 4.35. The first-order chi connectivity index (χ1) is 14.1. The minimum absolute atomic E-state index is 0.108. The van der Waals surface area contributed by atoms with Crippen molar-refractivity contribution in [1.29, 1.82) is 0 Å². The predicted octanol–water partition coefficient (Wildman–Crippen LogP) is 4.16. The first-order valence-electron chi connectivity index (χ1n) is 9.05. The van der Waals surface area contributed by atoms with E-state index in [0.29, 0.717) is 16.5 Å². The van der Waals surface area contributed by atoms with Crippen LogP contribution in [0.25, 0.3) is 17.3 Å². The van der Waals surface area contributed by atoms with Crippen LogP contribution < -0.4 is 10.1 Å². The second kappa shape index (κ2) is 8.28. The van der Waals surface area contributed by atoms with Gasteiger partial charge in [-0.2, -0.15) is 0 Å². The van der Waals surface area contributed by atoms with Gasteiger partial charge in [0.25, 0.3) is 5.91 Å². The molecule has 1 atom stereocenters. The Morgan fingerprint density at radius 1 is 1.14 bits per heavy atom. The van der Waals surface area contributed by atoms with E-state index in [1.165, 1.54) is 18.3 Å². The fourth-order valence-corrected chi connectivity index (χ4v) is 3.53. The maximum Gasteiger partial charge on any atom is 0.338 e. The van der Waals surface area contributed by atoms with Crippen molar-refractivity contribution >= 4 is 34.4 Å². The summed E-state index contributed by atoms with van der Waals surface area (Å²) in [4.78, 5) is 29.2. The molecule has 0 fully saturated rings. The SMILES string of the molecule is C[C@@H](OC(=O)C1=Cc2ccccc2OC1)C(=O)Nc1nc(-c2ccccc2)cs1. The summed E-state index contributed by atoms with van der Waals surface area (Å²) in [5.41, 5.74) is 2.91. The highest BCUT2D eigenvalue weighted by Crippen LogP contribution is 2.27. The lowest BCUT2D eigenvalue weighted by Gasteiger charge is -2.18. The standard InChI is InChI=1S/C22H18N2O4S/c1-14(28-21(26)17-11-16-9-5-6-10-19(16)27-12-17)20(25)24-22-23-18(13-29-22)15-7-3-2-4-8-15/h2-11,13-14H,12H2,1H3,(H,23,24,25)/t14-/m1/s1. The summed E-state index contributed by atoms with van der Waals surface area (Å²) in [6.07, 6.45) is 0.753. The van der Waals surface area contributed by atoms with Gasteiger partial charge in [0.2, 0.25) is 0 Å². The van der Waals surface area contributed by atoms with Gasteiger partial charge in [0.15, 0.2) is 11.2 Å². The van der Waals surface area contributed by atoms with Crippen LogP contribution in [0.15, 0.2) is 65.6 Å². The number of carbonyl (C=O) groups is 2. The zero-order valence-electron chi connectivity index (χ0n) is 15.6. The Hall–Kier alpha value is -3.45. The highest BCUT2D eigenvalue weighted by molar-refractivity contribution is 7.14. The minimum Gasteiger partial charge on any atom is -0.488 e. The van der Waals surface area contributed by atoms with Crippen molar-refractivity contribution in [3.8, 4) is 17.0 Å². The third-order valence-corrected chi connectivity index (χ3v) is 5.11. The van der Waals surface area contributed by atoms with Crippen molar-refractivity contribution in [2.75, 3.05) is 11.9 Å². The lowest BCUT2D eigenvalue weighted by Crippen LogP contribution is -2.31. The number of nitrogens with one attached hydrogen (secondary N) is 1. The molecule has 1 aromatic heterocycles. The second-order valence-electron chi connectivity index (χ2n) is 6.44. The summed E-state index contributed by atoms with van der Waals surface area (Å²) in [5, 5.41) is 5.01. The number of rotatable bonds is 5. The summed E-state index contributed by atoms with van der Waals surface area (Å²) < 4.78 is 10.9. The molecule has 7 heteroatoms. The summed E-state index contributed by atoms with van der Waals surface area (Å²) in [7, 11) is 0. The van der Waals surface area contributed by atoms with Crippen LogP contribution in [-0.4, -0.2) is 29.6 Å². The monoisotopic (exact) mass is 406 g/mol. The van der Waals surface area contributed by atoms with E-state index in [2.05, 4.69) is 10.3 Å².